The van der Waals surface area contributed by atoms with E-state index in [9.17, 15) is 4.79 Å². The molecule has 1 aromatic carbocycles. The zero-order valence-corrected chi connectivity index (χ0v) is 13.6. The fraction of sp³-hybridized carbons (Fsp3) is 0.294. The van der Waals surface area contributed by atoms with E-state index in [1.807, 2.05) is 30.3 Å². The van der Waals surface area contributed by atoms with E-state index in [1.54, 1.807) is 10.8 Å². The van der Waals surface area contributed by atoms with Crippen LogP contribution in [0.3, 0.4) is 0 Å². The van der Waals surface area contributed by atoms with E-state index in [0.29, 0.717) is 23.6 Å². The van der Waals surface area contributed by atoms with Crippen molar-refractivity contribution in [2.75, 3.05) is 19.8 Å². The van der Waals surface area contributed by atoms with Crippen LogP contribution in [0.5, 0.6) is 0 Å². The lowest BCUT2D eigenvalue weighted by Gasteiger charge is -2.14. The summed E-state index contributed by atoms with van der Waals surface area (Å²) in [5.41, 5.74) is 2.73. The normalized spacial score (nSPS) is 14.3. The number of rotatable bonds is 5. The van der Waals surface area contributed by atoms with Crippen LogP contribution in [0.1, 0.15) is 23.3 Å². The Morgan fingerprint density at radius 2 is 2.17 bits per heavy atom. The van der Waals surface area contributed by atoms with Crippen LogP contribution in [0, 0.1) is 4.77 Å². The molecule has 1 aliphatic rings. The molecule has 2 heterocycles. The molecule has 5 nitrogen and oxygen atoms in total. The van der Waals surface area contributed by atoms with Gasteiger partial charge in [0.2, 0.25) is 0 Å². The zero-order chi connectivity index (χ0) is 16.1. The molecule has 1 aromatic heterocycles. The lowest BCUT2D eigenvalue weighted by atomic mass is 10.1. The van der Waals surface area contributed by atoms with Crippen LogP contribution in [-0.2, 0) is 4.74 Å². The fourth-order valence-electron chi connectivity index (χ4n) is 2.59. The van der Waals surface area contributed by atoms with Gasteiger partial charge in [-0.25, -0.2) is 0 Å². The highest BCUT2D eigenvalue weighted by Crippen LogP contribution is 2.13. The Bertz CT molecular complexity index is 762. The van der Waals surface area contributed by atoms with Gasteiger partial charge in [-0.3, -0.25) is 9.36 Å². The molecule has 1 amide bonds. The first kappa shape index (κ1) is 15.7. The van der Waals surface area contributed by atoms with Crippen molar-refractivity contribution in [3.63, 3.8) is 0 Å². The number of carbonyl (C=O) groups is 1. The number of benzene rings is 1. The van der Waals surface area contributed by atoms with Crippen molar-refractivity contribution in [3.8, 4) is 5.69 Å². The molecule has 3 rings (SSSR count). The predicted octanol–water partition coefficient (Wildman–Crippen LogP) is 3.00. The molecule has 0 fully saturated rings. The summed E-state index contributed by atoms with van der Waals surface area (Å²) in [4.78, 5) is 15.4. The second-order valence-electron chi connectivity index (χ2n) is 5.34. The molecule has 0 radical (unpaired) electrons. The first-order valence-corrected chi connectivity index (χ1v) is 8.06. The molecule has 0 unspecified atom stereocenters. The second-order valence-corrected chi connectivity index (χ2v) is 5.73. The first-order valence-electron chi connectivity index (χ1n) is 7.65. The number of hydrogen-bond acceptors (Lipinski definition) is 3. The molecule has 120 valence electrons. The number of H-pyrrole nitrogens is 1. The van der Waals surface area contributed by atoms with Gasteiger partial charge in [0, 0.05) is 18.4 Å². The van der Waals surface area contributed by atoms with Crippen molar-refractivity contribution in [2.45, 2.75) is 12.8 Å². The van der Waals surface area contributed by atoms with E-state index >= 15 is 0 Å². The number of aromatic amines is 1. The Morgan fingerprint density at radius 1 is 1.35 bits per heavy atom. The number of amides is 1. The highest BCUT2D eigenvalue weighted by molar-refractivity contribution is 7.71. The smallest absolute Gasteiger partial charge is 0.269 e. The number of aromatic nitrogens is 2. The number of nitrogens with one attached hydrogen (secondary N) is 2. The van der Waals surface area contributed by atoms with Gasteiger partial charge in [0.15, 0.2) is 4.77 Å². The summed E-state index contributed by atoms with van der Waals surface area (Å²) >= 11 is 5.29. The van der Waals surface area contributed by atoms with E-state index in [1.165, 1.54) is 5.57 Å². The van der Waals surface area contributed by atoms with Crippen molar-refractivity contribution >= 4 is 18.1 Å². The molecule has 2 aromatic rings. The van der Waals surface area contributed by atoms with E-state index in [2.05, 4.69) is 16.4 Å². The summed E-state index contributed by atoms with van der Waals surface area (Å²) in [5, 5.41) is 2.96. The maximum Gasteiger partial charge on any atom is 0.269 e. The van der Waals surface area contributed by atoms with Crippen LogP contribution in [-0.4, -0.2) is 35.2 Å². The third-order valence-electron chi connectivity index (χ3n) is 3.81. The quantitative estimate of drug-likeness (QED) is 0.655. The summed E-state index contributed by atoms with van der Waals surface area (Å²) in [6.45, 7) is 2.05. The van der Waals surface area contributed by atoms with E-state index < -0.39 is 0 Å². The number of imidazole rings is 1. The average Bonchev–Trinajstić information content (AvgIpc) is 2.98. The fourth-order valence-corrected chi connectivity index (χ4v) is 2.85. The SMILES string of the molecule is O=C(NCCC1=CCOCC1)c1c[nH]c(=S)n1-c1ccccc1. The summed E-state index contributed by atoms with van der Waals surface area (Å²) in [6, 6.07) is 9.62. The standard InChI is InChI=1S/C17H19N3O2S/c21-16(18-9-6-13-7-10-22-11-8-13)15-12-19-17(23)20(15)14-4-2-1-3-5-14/h1-5,7,12H,6,8-11H2,(H,18,21)(H,19,23). The molecular weight excluding hydrogens is 310 g/mol. The minimum Gasteiger partial charge on any atom is -0.377 e. The van der Waals surface area contributed by atoms with Crippen LogP contribution in [0.4, 0.5) is 0 Å². The van der Waals surface area contributed by atoms with Crippen LogP contribution in [0.25, 0.3) is 5.69 Å². The summed E-state index contributed by atoms with van der Waals surface area (Å²) in [7, 11) is 0. The Kier molecular flexibility index (Phi) is 5.05. The monoisotopic (exact) mass is 329 g/mol. The molecule has 0 saturated carbocycles. The van der Waals surface area contributed by atoms with Gasteiger partial charge in [-0.1, -0.05) is 29.8 Å². The maximum absolute atomic E-state index is 12.5. The zero-order valence-electron chi connectivity index (χ0n) is 12.7. The average molecular weight is 329 g/mol. The Balaban J connectivity index is 1.68. The van der Waals surface area contributed by atoms with Gasteiger partial charge in [-0.05, 0) is 37.2 Å². The summed E-state index contributed by atoms with van der Waals surface area (Å²) < 4.78 is 7.54. The molecule has 0 atom stereocenters. The lowest BCUT2D eigenvalue weighted by Crippen LogP contribution is -2.27. The van der Waals surface area contributed by atoms with Crippen LogP contribution >= 0.6 is 12.2 Å². The molecule has 0 bridgehead atoms. The molecular formula is C17H19N3O2S. The van der Waals surface area contributed by atoms with Gasteiger partial charge in [0.05, 0.1) is 13.2 Å². The van der Waals surface area contributed by atoms with Gasteiger partial charge >= 0.3 is 0 Å². The second kappa shape index (κ2) is 7.39. The number of ether oxygens (including phenoxy) is 1. The lowest BCUT2D eigenvalue weighted by molar-refractivity contribution is 0.0946. The van der Waals surface area contributed by atoms with Crippen LogP contribution in [0.2, 0.25) is 0 Å². The van der Waals surface area contributed by atoms with Crippen molar-refractivity contribution in [3.05, 3.63) is 58.6 Å². The van der Waals surface area contributed by atoms with Crippen molar-refractivity contribution < 1.29 is 9.53 Å². The number of nitrogens with zero attached hydrogens (tertiary/aromatic N) is 1. The maximum atomic E-state index is 12.5. The van der Waals surface area contributed by atoms with Gasteiger partial charge in [0.1, 0.15) is 5.69 Å². The minimum absolute atomic E-state index is 0.131. The van der Waals surface area contributed by atoms with Gasteiger partial charge in [0.25, 0.3) is 5.91 Å². The Hall–Kier alpha value is -2.18. The summed E-state index contributed by atoms with van der Waals surface area (Å²) in [6.07, 6.45) is 5.54. The highest BCUT2D eigenvalue weighted by Gasteiger charge is 2.14. The Morgan fingerprint density at radius 3 is 2.91 bits per heavy atom. The molecule has 1 aliphatic heterocycles. The van der Waals surface area contributed by atoms with Crippen LogP contribution < -0.4 is 5.32 Å². The van der Waals surface area contributed by atoms with E-state index in [4.69, 9.17) is 17.0 Å². The molecule has 6 heteroatoms. The largest absolute Gasteiger partial charge is 0.377 e. The highest BCUT2D eigenvalue weighted by atomic mass is 32.1. The van der Waals surface area contributed by atoms with Gasteiger partial charge in [-0.15, -0.1) is 0 Å². The number of carbonyl (C=O) groups excluding carboxylic acids is 1. The van der Waals surface area contributed by atoms with E-state index in [0.717, 1.165) is 25.1 Å². The third kappa shape index (κ3) is 3.78. The van der Waals surface area contributed by atoms with Crippen molar-refractivity contribution in [1.82, 2.24) is 14.9 Å². The first-order chi connectivity index (χ1) is 11.3. The molecule has 23 heavy (non-hydrogen) atoms. The topological polar surface area (TPSA) is 59.0 Å². The summed E-state index contributed by atoms with van der Waals surface area (Å²) in [5.74, 6) is -0.131. The third-order valence-corrected chi connectivity index (χ3v) is 4.11. The number of para-hydroxylation sites is 1. The predicted molar refractivity (Wildman–Crippen MR) is 91.4 cm³/mol. The van der Waals surface area contributed by atoms with E-state index in [-0.39, 0.29) is 5.91 Å². The van der Waals surface area contributed by atoms with Crippen molar-refractivity contribution in [1.29, 1.82) is 0 Å². The molecule has 0 spiro atoms. The minimum atomic E-state index is -0.131. The van der Waals surface area contributed by atoms with Crippen molar-refractivity contribution in [2.24, 2.45) is 0 Å². The Labute approximate surface area is 140 Å². The van der Waals surface area contributed by atoms with Gasteiger partial charge < -0.3 is 15.0 Å². The molecule has 0 aliphatic carbocycles. The molecule has 0 saturated heterocycles. The molecule has 2 N–H and O–H groups in total. The van der Waals surface area contributed by atoms with Gasteiger partial charge in [-0.2, -0.15) is 0 Å². The van der Waals surface area contributed by atoms with Crippen LogP contribution in [0.15, 0.2) is 48.2 Å². The number of hydrogen-bond donors (Lipinski definition) is 2.